The van der Waals surface area contributed by atoms with E-state index in [-0.39, 0.29) is 60.9 Å². The van der Waals surface area contributed by atoms with Crippen molar-refractivity contribution in [1.82, 2.24) is 15.1 Å². The fourth-order valence-electron chi connectivity index (χ4n) is 10.4. The zero-order valence-electron chi connectivity index (χ0n) is 38.9. The maximum atomic E-state index is 14.4. The van der Waals surface area contributed by atoms with Gasteiger partial charge in [0.05, 0.1) is 68.6 Å². The summed E-state index contributed by atoms with van der Waals surface area (Å²) >= 11 is 0. The number of amides is 4. The second-order valence-electron chi connectivity index (χ2n) is 18.5. The van der Waals surface area contributed by atoms with Crippen LogP contribution in [0.25, 0.3) is 5.57 Å². The third kappa shape index (κ3) is 9.23. The topological polar surface area (TPSA) is 169 Å². The SMILES string of the molecule is C=CCOC(=O)N1C[C@@H]2CC(c3ccc(C4CCNCC4)cc3)=CN2C(=O)c2cc(OC)c(OCCCCCOc3cc4c(cc3OC)C(=O)N3CC5(CC5)C[C@H]3C(O)N4C(=O)OCC=C)cc21. The average Bonchev–Trinajstić information content (AvgIpc) is 3.87. The molecule has 16 nitrogen and oxygen atoms in total. The van der Waals surface area contributed by atoms with Gasteiger partial charge < -0.3 is 48.6 Å². The molecule has 2 saturated heterocycles. The predicted octanol–water partition coefficient (Wildman–Crippen LogP) is 7.65. The number of nitrogens with one attached hydrogen (secondary N) is 1. The number of ether oxygens (including phenoxy) is 6. The molecule has 3 atom stereocenters. The quantitative estimate of drug-likeness (QED) is 0.107. The molecular formula is C52H61N5O11. The van der Waals surface area contributed by atoms with Gasteiger partial charge in [0.1, 0.15) is 13.2 Å². The van der Waals surface area contributed by atoms with Crippen molar-refractivity contribution in [3.8, 4) is 23.0 Å². The molecule has 68 heavy (non-hydrogen) atoms. The normalized spacial score (nSPS) is 21.4. The minimum absolute atomic E-state index is 0.00798. The summed E-state index contributed by atoms with van der Waals surface area (Å²) in [6.45, 7) is 10.6. The summed E-state index contributed by atoms with van der Waals surface area (Å²) in [5, 5.41) is 15.1. The monoisotopic (exact) mass is 931 g/mol. The molecule has 9 rings (SSSR count). The van der Waals surface area contributed by atoms with Gasteiger partial charge in [-0.1, -0.05) is 49.6 Å². The number of nitrogens with zero attached hydrogens (tertiary/aromatic N) is 4. The molecule has 3 aromatic rings. The highest BCUT2D eigenvalue weighted by molar-refractivity contribution is 6.07. The number of aliphatic hydroxyl groups is 1. The highest BCUT2D eigenvalue weighted by Gasteiger charge is 2.58. The van der Waals surface area contributed by atoms with Crippen molar-refractivity contribution in [2.45, 2.75) is 82.0 Å². The van der Waals surface area contributed by atoms with Crippen molar-refractivity contribution >= 4 is 40.9 Å². The maximum Gasteiger partial charge on any atom is 0.416 e. The van der Waals surface area contributed by atoms with Gasteiger partial charge in [-0.05, 0) is 111 Å². The van der Waals surface area contributed by atoms with Crippen LogP contribution in [0, 0.1) is 5.41 Å². The molecule has 1 aliphatic carbocycles. The van der Waals surface area contributed by atoms with Crippen molar-refractivity contribution in [2.24, 2.45) is 5.41 Å². The summed E-state index contributed by atoms with van der Waals surface area (Å²) in [6, 6.07) is 14.2. The zero-order chi connectivity index (χ0) is 47.5. The molecule has 5 aliphatic heterocycles. The molecule has 1 saturated carbocycles. The third-order valence-corrected chi connectivity index (χ3v) is 14.2. The largest absolute Gasteiger partial charge is 0.493 e. The van der Waals surface area contributed by atoms with Crippen molar-refractivity contribution in [2.75, 3.05) is 76.6 Å². The summed E-state index contributed by atoms with van der Waals surface area (Å²) in [5.41, 5.74) is 4.43. The number of carbonyl (C=O) groups is 4. The highest BCUT2D eigenvalue weighted by atomic mass is 16.6. The summed E-state index contributed by atoms with van der Waals surface area (Å²) in [4.78, 5) is 61.7. The molecular weight excluding hydrogens is 871 g/mol. The standard InChI is InChI=1S/C52H61N5O11/c1-5-20-67-50(61)55-31-37-24-36(34-12-10-33(11-13-34)35-14-18-53-19-15-35)30-54(37)47(58)38-25-43(63-3)45(27-40(38)55)65-22-8-7-9-23-66-46-28-41-39(26-44(46)64-4)48(59)56-32-52(16-17-52)29-42(56)49(60)57(41)51(62)68-21-6-2/h5-6,10-13,25-28,30,35,37,42,49,53,60H,1-2,7-9,14-24,29,31-32H2,3-4H3/t37-,42-,49?/m0/s1. The smallest absolute Gasteiger partial charge is 0.416 e. The Hall–Kier alpha value is -6.52. The minimum atomic E-state index is -1.33. The Kier molecular flexibility index (Phi) is 13.7. The van der Waals surface area contributed by atoms with E-state index in [2.05, 4.69) is 42.7 Å². The first-order valence-corrected chi connectivity index (χ1v) is 23.7. The number of benzene rings is 3. The van der Waals surface area contributed by atoms with E-state index in [9.17, 15) is 24.3 Å². The molecule has 5 heterocycles. The third-order valence-electron chi connectivity index (χ3n) is 14.2. The van der Waals surface area contributed by atoms with Crippen LogP contribution in [-0.4, -0.2) is 124 Å². The Morgan fingerprint density at radius 2 is 1.43 bits per heavy atom. The Balaban J connectivity index is 0.860. The molecule has 1 unspecified atom stereocenters. The number of aliphatic hydroxyl groups excluding tert-OH is 1. The number of piperidine rings is 1. The van der Waals surface area contributed by atoms with Crippen LogP contribution in [0.4, 0.5) is 21.0 Å². The molecule has 6 aliphatic rings. The van der Waals surface area contributed by atoms with Crippen molar-refractivity contribution in [3.63, 3.8) is 0 Å². The number of unbranched alkanes of at least 4 members (excludes halogenated alkanes) is 2. The second kappa shape index (κ2) is 20.0. The molecule has 16 heteroatoms. The fraction of sp³-hybridized carbons (Fsp3) is 0.462. The van der Waals surface area contributed by atoms with Gasteiger partial charge in [0.2, 0.25) is 0 Å². The number of rotatable bonds is 16. The first-order valence-electron chi connectivity index (χ1n) is 23.7. The van der Waals surface area contributed by atoms with Crippen molar-refractivity contribution in [3.05, 3.63) is 102 Å². The fourth-order valence-corrected chi connectivity index (χ4v) is 10.4. The lowest BCUT2D eigenvalue weighted by Crippen LogP contribution is -2.50. The first kappa shape index (κ1) is 46.6. The summed E-state index contributed by atoms with van der Waals surface area (Å²) in [6.07, 6.45) is 9.40. The summed E-state index contributed by atoms with van der Waals surface area (Å²) in [5.74, 6) is 1.34. The Morgan fingerprint density at radius 3 is 2.04 bits per heavy atom. The lowest BCUT2D eigenvalue weighted by molar-refractivity contribution is 0.0496. The number of carbonyl (C=O) groups excluding carboxylic acids is 4. The molecule has 0 bridgehead atoms. The van der Waals surface area contributed by atoms with E-state index >= 15 is 0 Å². The van der Waals surface area contributed by atoms with E-state index in [1.165, 1.54) is 36.8 Å². The number of hydrogen-bond acceptors (Lipinski definition) is 12. The van der Waals surface area contributed by atoms with E-state index in [4.69, 9.17) is 28.4 Å². The van der Waals surface area contributed by atoms with Crippen LogP contribution in [-0.2, 0) is 9.47 Å². The van der Waals surface area contributed by atoms with Crippen molar-refractivity contribution in [1.29, 1.82) is 0 Å². The van der Waals surface area contributed by atoms with Gasteiger partial charge in [-0.3, -0.25) is 14.5 Å². The number of hydrogen-bond donors (Lipinski definition) is 2. The number of anilines is 2. The second-order valence-corrected chi connectivity index (χ2v) is 18.5. The summed E-state index contributed by atoms with van der Waals surface area (Å²) in [7, 11) is 3.00. The predicted molar refractivity (Wildman–Crippen MR) is 255 cm³/mol. The van der Waals surface area contributed by atoms with Gasteiger partial charge in [0.15, 0.2) is 29.2 Å². The lowest BCUT2D eigenvalue weighted by Gasteiger charge is -2.31. The Bertz CT molecular complexity index is 2460. The van der Waals surface area contributed by atoms with Crippen LogP contribution < -0.4 is 34.1 Å². The maximum absolute atomic E-state index is 14.4. The molecule has 360 valence electrons. The van der Waals surface area contributed by atoms with Crippen LogP contribution >= 0.6 is 0 Å². The zero-order valence-corrected chi connectivity index (χ0v) is 38.9. The van der Waals surface area contributed by atoms with E-state index < -0.39 is 24.5 Å². The van der Waals surface area contributed by atoms with E-state index in [1.54, 1.807) is 34.1 Å². The number of fused-ring (bicyclic) bond motifs is 4. The minimum Gasteiger partial charge on any atom is -0.493 e. The van der Waals surface area contributed by atoms with Crippen molar-refractivity contribution < 1.29 is 52.7 Å². The van der Waals surface area contributed by atoms with Gasteiger partial charge in [-0.15, -0.1) is 0 Å². The van der Waals surface area contributed by atoms with Gasteiger partial charge in [-0.25, -0.2) is 14.5 Å². The van der Waals surface area contributed by atoms with Gasteiger partial charge in [0.25, 0.3) is 11.8 Å². The van der Waals surface area contributed by atoms with Gasteiger partial charge >= 0.3 is 12.2 Å². The first-order chi connectivity index (χ1) is 33.1. The Labute approximate surface area is 397 Å². The molecule has 3 fully saturated rings. The van der Waals surface area contributed by atoms with Crippen LogP contribution in [0.5, 0.6) is 23.0 Å². The lowest BCUT2D eigenvalue weighted by atomic mass is 9.89. The van der Waals surface area contributed by atoms with E-state index in [0.29, 0.717) is 85.4 Å². The van der Waals surface area contributed by atoms with Gasteiger partial charge in [-0.2, -0.15) is 0 Å². The van der Waals surface area contributed by atoms with E-state index in [0.717, 1.165) is 54.8 Å². The van der Waals surface area contributed by atoms with Crippen LogP contribution in [0.3, 0.4) is 0 Å². The highest BCUT2D eigenvalue weighted by Crippen LogP contribution is 2.57. The molecule has 0 aromatic heterocycles. The summed E-state index contributed by atoms with van der Waals surface area (Å²) < 4.78 is 34.9. The van der Waals surface area contributed by atoms with Crippen LogP contribution in [0.1, 0.15) is 95.5 Å². The molecule has 0 radical (unpaired) electrons. The van der Waals surface area contributed by atoms with Gasteiger partial charge in [0, 0.05) is 24.9 Å². The Morgan fingerprint density at radius 1 is 0.809 bits per heavy atom. The van der Waals surface area contributed by atoms with Crippen LogP contribution in [0.2, 0.25) is 0 Å². The van der Waals surface area contributed by atoms with Crippen LogP contribution in [0.15, 0.2) is 80.0 Å². The average molecular weight is 932 g/mol. The molecule has 3 aromatic carbocycles. The molecule has 2 N–H and O–H groups in total. The molecule has 1 spiro atoms. The molecule has 4 amide bonds. The van der Waals surface area contributed by atoms with E-state index in [1.807, 2.05) is 6.20 Å². The number of methoxy groups -OCH3 is 2.